The second-order valence-corrected chi connectivity index (χ2v) is 5.95. The molecule has 126 valence electrons. The zero-order valence-corrected chi connectivity index (χ0v) is 13.8. The van der Waals surface area contributed by atoms with Crippen LogP contribution in [0.2, 0.25) is 0 Å². The van der Waals surface area contributed by atoms with Crippen LogP contribution in [-0.2, 0) is 0 Å². The summed E-state index contributed by atoms with van der Waals surface area (Å²) in [7, 11) is 0. The van der Waals surface area contributed by atoms with E-state index < -0.39 is 0 Å². The first-order valence-corrected chi connectivity index (χ1v) is 8.18. The molecule has 0 aliphatic carbocycles. The summed E-state index contributed by atoms with van der Waals surface area (Å²) in [5, 5.41) is 15.9. The molecule has 3 aromatic rings. The molecular weight excluding hydrogens is 327 g/mol. The lowest BCUT2D eigenvalue weighted by atomic mass is 10.1. The van der Waals surface area contributed by atoms with E-state index in [-0.39, 0.29) is 12.0 Å². The van der Waals surface area contributed by atoms with Gasteiger partial charge in [0.2, 0.25) is 0 Å². The largest absolute Gasteiger partial charge is 0.359 e. The molecule has 2 heterocycles. The summed E-state index contributed by atoms with van der Waals surface area (Å²) in [5.74, 6) is -0.269. The van der Waals surface area contributed by atoms with E-state index in [9.17, 15) is 4.39 Å². The van der Waals surface area contributed by atoms with E-state index in [0.29, 0.717) is 5.56 Å². The Labute approximate surface area is 150 Å². The van der Waals surface area contributed by atoms with Gasteiger partial charge in [-0.15, -0.1) is 0 Å². The number of nitrogens with one attached hydrogen (secondary N) is 2. The first-order chi connectivity index (χ1) is 12.7. The Balaban J connectivity index is 1.73. The van der Waals surface area contributed by atoms with Crippen LogP contribution in [0.15, 0.2) is 73.1 Å². The highest BCUT2D eigenvalue weighted by molar-refractivity contribution is 5.91. The van der Waals surface area contributed by atoms with E-state index in [2.05, 4.69) is 21.7 Å². The van der Waals surface area contributed by atoms with Gasteiger partial charge in [-0.2, -0.15) is 5.26 Å². The molecule has 2 N–H and O–H groups in total. The smallest absolute Gasteiger partial charge is 0.123 e. The highest BCUT2D eigenvalue weighted by Gasteiger charge is 2.25. The van der Waals surface area contributed by atoms with Gasteiger partial charge >= 0.3 is 0 Å². The van der Waals surface area contributed by atoms with E-state index in [1.54, 1.807) is 36.7 Å². The van der Waals surface area contributed by atoms with Gasteiger partial charge in [-0.05, 0) is 54.1 Å². The third-order valence-electron chi connectivity index (χ3n) is 4.30. The molecule has 1 atom stereocenters. The maximum Gasteiger partial charge on any atom is 0.123 e. The molecule has 2 aromatic carbocycles. The molecule has 0 amide bonds. The predicted octanol–water partition coefficient (Wildman–Crippen LogP) is 3.81. The molecule has 1 aliphatic heterocycles. The van der Waals surface area contributed by atoms with Crippen molar-refractivity contribution in [3.05, 3.63) is 101 Å². The lowest BCUT2D eigenvalue weighted by molar-refractivity contribution is 0.619. The molecular formula is C21H15FN4. The summed E-state index contributed by atoms with van der Waals surface area (Å²) in [6, 6.07) is 19.8. The number of pyridine rings is 1. The Morgan fingerprint density at radius 1 is 0.808 bits per heavy atom. The molecule has 1 aliphatic rings. The quantitative estimate of drug-likeness (QED) is 0.760. The van der Waals surface area contributed by atoms with Crippen molar-refractivity contribution in [3.8, 4) is 6.07 Å². The normalized spacial score (nSPS) is 15.9. The third-order valence-corrected chi connectivity index (χ3v) is 4.30. The lowest BCUT2D eigenvalue weighted by Gasteiger charge is -2.15. The Bertz CT molecular complexity index is 987. The minimum absolute atomic E-state index is 0.147. The molecule has 0 saturated heterocycles. The number of halogens is 1. The minimum Gasteiger partial charge on any atom is -0.359 e. The Kier molecular flexibility index (Phi) is 4.08. The zero-order valence-electron chi connectivity index (χ0n) is 13.8. The van der Waals surface area contributed by atoms with Crippen molar-refractivity contribution in [2.24, 2.45) is 0 Å². The first kappa shape index (κ1) is 15.9. The van der Waals surface area contributed by atoms with Gasteiger partial charge in [-0.3, -0.25) is 4.98 Å². The molecule has 26 heavy (non-hydrogen) atoms. The van der Waals surface area contributed by atoms with Gasteiger partial charge in [0.1, 0.15) is 12.0 Å². The molecule has 5 heteroatoms. The molecule has 1 unspecified atom stereocenters. The number of benzene rings is 2. The van der Waals surface area contributed by atoms with Crippen LogP contribution in [0.4, 0.5) is 4.39 Å². The number of hydrogen-bond acceptors (Lipinski definition) is 4. The third kappa shape index (κ3) is 3.01. The van der Waals surface area contributed by atoms with E-state index in [4.69, 9.17) is 5.26 Å². The van der Waals surface area contributed by atoms with E-state index in [1.807, 2.05) is 24.3 Å². The monoisotopic (exact) mass is 342 g/mol. The molecule has 0 bridgehead atoms. The molecule has 4 rings (SSSR count). The molecule has 0 fully saturated rings. The van der Waals surface area contributed by atoms with E-state index in [0.717, 1.165) is 28.1 Å². The molecule has 0 saturated carbocycles. The summed E-state index contributed by atoms with van der Waals surface area (Å²) in [5.41, 5.74) is 5.32. The van der Waals surface area contributed by atoms with Gasteiger partial charge in [0.15, 0.2) is 0 Å². The van der Waals surface area contributed by atoms with Crippen molar-refractivity contribution in [1.82, 2.24) is 15.6 Å². The number of nitrogens with zero attached hydrogens (tertiary/aromatic N) is 2. The van der Waals surface area contributed by atoms with Crippen molar-refractivity contribution in [2.75, 3.05) is 0 Å². The first-order valence-electron chi connectivity index (χ1n) is 8.18. The van der Waals surface area contributed by atoms with Crippen LogP contribution in [-0.4, -0.2) is 4.98 Å². The average Bonchev–Trinajstić information content (AvgIpc) is 3.15. The van der Waals surface area contributed by atoms with Gasteiger partial charge in [0.25, 0.3) is 0 Å². The van der Waals surface area contributed by atoms with Gasteiger partial charge < -0.3 is 10.6 Å². The average molecular weight is 342 g/mol. The van der Waals surface area contributed by atoms with Gasteiger partial charge in [-0.25, -0.2) is 4.39 Å². The van der Waals surface area contributed by atoms with Crippen LogP contribution in [0, 0.1) is 17.1 Å². The summed E-state index contributed by atoms with van der Waals surface area (Å²) < 4.78 is 13.3. The van der Waals surface area contributed by atoms with E-state index in [1.165, 1.54) is 12.1 Å². The highest BCUT2D eigenvalue weighted by atomic mass is 19.1. The molecule has 0 radical (unpaired) electrons. The van der Waals surface area contributed by atoms with Crippen LogP contribution in [0.5, 0.6) is 0 Å². The summed E-state index contributed by atoms with van der Waals surface area (Å²) in [6.45, 7) is 0. The molecule has 1 aromatic heterocycles. The standard InChI is InChI=1S/C21H15FN4/c22-18-7-5-15(6-8-18)19-20(16-9-11-24-12-10-16)26-21(25-19)17-3-1-14(13-23)2-4-17/h1-12,21,25-26H. The summed E-state index contributed by atoms with van der Waals surface area (Å²) >= 11 is 0. The SMILES string of the molecule is N#Cc1ccc(C2NC(c3ccncc3)=C(c3ccc(F)cc3)N2)cc1. The predicted molar refractivity (Wildman–Crippen MR) is 97.6 cm³/mol. The summed E-state index contributed by atoms with van der Waals surface area (Å²) in [6.07, 6.45) is 3.33. The number of nitriles is 1. The van der Waals surface area contributed by atoms with Gasteiger partial charge in [0.05, 0.1) is 23.0 Å². The van der Waals surface area contributed by atoms with Crippen molar-refractivity contribution < 1.29 is 4.39 Å². The number of rotatable bonds is 3. The van der Waals surface area contributed by atoms with Crippen LogP contribution >= 0.6 is 0 Å². The maximum atomic E-state index is 13.3. The van der Waals surface area contributed by atoms with Gasteiger partial charge in [0, 0.05) is 23.5 Å². The Morgan fingerprint density at radius 2 is 1.38 bits per heavy atom. The second-order valence-electron chi connectivity index (χ2n) is 5.95. The maximum absolute atomic E-state index is 13.3. The number of aromatic nitrogens is 1. The fourth-order valence-electron chi connectivity index (χ4n) is 2.98. The highest BCUT2D eigenvalue weighted by Crippen LogP contribution is 2.32. The topological polar surface area (TPSA) is 60.7 Å². The second kappa shape index (κ2) is 6.69. The van der Waals surface area contributed by atoms with Crippen molar-refractivity contribution in [1.29, 1.82) is 5.26 Å². The fourth-order valence-corrected chi connectivity index (χ4v) is 2.98. The van der Waals surface area contributed by atoms with E-state index >= 15 is 0 Å². The van der Waals surface area contributed by atoms with Crippen molar-refractivity contribution in [2.45, 2.75) is 6.17 Å². The minimum atomic E-state index is -0.269. The van der Waals surface area contributed by atoms with Crippen LogP contribution in [0.25, 0.3) is 11.4 Å². The summed E-state index contributed by atoms with van der Waals surface area (Å²) in [4.78, 5) is 4.07. The fraction of sp³-hybridized carbons (Fsp3) is 0.0476. The van der Waals surface area contributed by atoms with Crippen LogP contribution in [0.3, 0.4) is 0 Å². The van der Waals surface area contributed by atoms with Crippen molar-refractivity contribution >= 4 is 11.4 Å². The Morgan fingerprint density at radius 3 is 1.96 bits per heavy atom. The van der Waals surface area contributed by atoms with Crippen molar-refractivity contribution in [3.63, 3.8) is 0 Å². The number of hydrogen-bond donors (Lipinski definition) is 2. The van der Waals surface area contributed by atoms with Crippen LogP contribution in [0.1, 0.15) is 28.4 Å². The van der Waals surface area contributed by atoms with Gasteiger partial charge in [-0.1, -0.05) is 12.1 Å². The zero-order chi connectivity index (χ0) is 17.9. The molecule has 0 spiro atoms. The molecule has 4 nitrogen and oxygen atoms in total. The Hall–Kier alpha value is -3.65. The van der Waals surface area contributed by atoms with Crippen LogP contribution < -0.4 is 10.6 Å². The lowest BCUT2D eigenvalue weighted by Crippen LogP contribution is -2.23.